The Kier molecular flexibility index (Phi) is 4.73. The van der Waals surface area contributed by atoms with E-state index in [0.717, 1.165) is 11.5 Å². The van der Waals surface area contributed by atoms with E-state index in [4.69, 9.17) is 4.84 Å². The molecule has 1 heterocycles. The largest absolute Gasteiger partial charge is 0.601 e. The van der Waals surface area contributed by atoms with Crippen molar-refractivity contribution in [3.63, 3.8) is 0 Å². The maximum Gasteiger partial charge on any atom is 0.370 e. The van der Waals surface area contributed by atoms with Crippen LogP contribution in [0.15, 0.2) is 29.4 Å². The number of benzene rings is 1. The van der Waals surface area contributed by atoms with Crippen molar-refractivity contribution >= 4 is 23.3 Å². The zero-order valence-electron chi connectivity index (χ0n) is 11.9. The molecule has 0 spiro atoms. The molecule has 1 aliphatic rings. The van der Waals surface area contributed by atoms with E-state index in [1.165, 1.54) is 6.92 Å². The molecule has 0 bridgehead atoms. The number of hydroxylamine groups is 1. The Morgan fingerprint density at radius 2 is 2.29 bits per heavy atom. The van der Waals surface area contributed by atoms with Crippen LogP contribution in [0.2, 0.25) is 0 Å². The van der Waals surface area contributed by atoms with Gasteiger partial charge in [0.25, 0.3) is 0 Å². The summed E-state index contributed by atoms with van der Waals surface area (Å²) >= 11 is 0. The van der Waals surface area contributed by atoms with Crippen molar-refractivity contribution in [2.24, 2.45) is 5.10 Å². The average molecular weight is 294 g/mol. The van der Waals surface area contributed by atoms with Gasteiger partial charge in [0, 0.05) is 13.0 Å². The summed E-state index contributed by atoms with van der Waals surface area (Å²) in [6.45, 7) is 3.33. The highest BCUT2D eigenvalue weighted by Crippen LogP contribution is 2.26. The number of nitrogens with one attached hydrogen (secondary N) is 2. The summed E-state index contributed by atoms with van der Waals surface area (Å²) in [7, 11) is 0. The van der Waals surface area contributed by atoms with Crippen molar-refractivity contribution in [2.45, 2.75) is 32.9 Å². The van der Waals surface area contributed by atoms with Crippen molar-refractivity contribution in [3.8, 4) is 0 Å². The molecule has 1 amide bonds. The van der Waals surface area contributed by atoms with Crippen LogP contribution >= 0.6 is 0 Å². The van der Waals surface area contributed by atoms with Crippen molar-refractivity contribution in [2.75, 3.05) is 5.06 Å². The lowest BCUT2D eigenvalue weighted by Crippen LogP contribution is -2.98. The summed E-state index contributed by atoms with van der Waals surface area (Å²) < 4.78 is 0. The van der Waals surface area contributed by atoms with E-state index < -0.39 is 17.4 Å². The number of rotatable bonds is 5. The summed E-state index contributed by atoms with van der Waals surface area (Å²) in [6, 6.07) is 6.09. The standard InChI is InChI=1S/C13H18N4O4/c1-3-6-12(14-9(2)18)21-16-10-7-4-5-8-11(10)17(20)15-13(16)19/h4-5,7-8,12,17H,3,6H2,1-2H3,(H,14,18)(H,15,19). The van der Waals surface area contributed by atoms with Gasteiger partial charge in [-0.3, -0.25) is 4.79 Å². The SMILES string of the molecule is CCCC(NC(C)=O)ON1C(O)=N[NH+]([O-])c2ccccc21. The maximum atomic E-state index is 11.7. The molecule has 0 saturated carbocycles. The number of para-hydroxylation sites is 1. The first-order valence-corrected chi connectivity index (χ1v) is 6.68. The molecule has 0 aliphatic carbocycles. The minimum Gasteiger partial charge on any atom is -0.601 e. The topological polar surface area (TPSA) is 102 Å². The predicted octanol–water partition coefficient (Wildman–Crippen LogP) is 0.544. The minimum atomic E-state index is -0.619. The summed E-state index contributed by atoms with van der Waals surface area (Å²) in [5.74, 6) is -0.244. The quantitative estimate of drug-likeness (QED) is 0.543. The lowest BCUT2D eigenvalue weighted by molar-refractivity contribution is -0.784. The van der Waals surface area contributed by atoms with Gasteiger partial charge >= 0.3 is 6.02 Å². The van der Waals surface area contributed by atoms with Crippen LogP contribution in [0.3, 0.4) is 0 Å². The molecule has 114 valence electrons. The number of quaternary nitrogens is 1. The number of aliphatic hydroxyl groups excluding tert-OH is 1. The summed E-state index contributed by atoms with van der Waals surface area (Å²) in [5, 5.41) is 28.3. The Bertz CT molecular complexity index is 549. The Morgan fingerprint density at radius 1 is 1.57 bits per heavy atom. The number of carbonyl (C=O) groups is 1. The summed E-state index contributed by atoms with van der Waals surface area (Å²) in [5.41, 5.74) is 0.717. The lowest BCUT2D eigenvalue weighted by atomic mass is 10.2. The molecule has 2 rings (SSSR count). The van der Waals surface area contributed by atoms with E-state index >= 15 is 0 Å². The highest BCUT2D eigenvalue weighted by Gasteiger charge is 2.30. The van der Waals surface area contributed by atoms with Gasteiger partial charge in [-0.05, 0) is 17.6 Å². The first-order valence-electron chi connectivity index (χ1n) is 6.68. The fourth-order valence-electron chi connectivity index (χ4n) is 2.01. The molecular formula is C13H18N4O4. The molecule has 3 N–H and O–H groups in total. The number of amides is 1. The number of aliphatic hydroxyl groups is 1. The minimum absolute atomic E-state index is 0.244. The molecule has 2 unspecified atom stereocenters. The van der Waals surface area contributed by atoms with Gasteiger partial charge in [-0.25, -0.2) is 10.0 Å². The van der Waals surface area contributed by atoms with E-state index in [0.29, 0.717) is 17.8 Å². The van der Waals surface area contributed by atoms with Crippen LogP contribution in [0.1, 0.15) is 26.7 Å². The van der Waals surface area contributed by atoms with Gasteiger partial charge in [0.2, 0.25) is 5.91 Å². The van der Waals surface area contributed by atoms with E-state index in [9.17, 15) is 15.1 Å². The Balaban J connectivity index is 2.24. The lowest BCUT2D eigenvalue weighted by Gasteiger charge is -2.32. The zero-order chi connectivity index (χ0) is 15.4. The molecule has 0 aromatic heterocycles. The number of nitrogens with zero attached hydrogens (tertiary/aromatic N) is 2. The van der Waals surface area contributed by atoms with Crippen LogP contribution in [-0.2, 0) is 9.63 Å². The smallest absolute Gasteiger partial charge is 0.370 e. The molecule has 8 heteroatoms. The van der Waals surface area contributed by atoms with Crippen LogP contribution in [0.4, 0.5) is 11.4 Å². The van der Waals surface area contributed by atoms with Crippen molar-refractivity contribution in [3.05, 3.63) is 29.5 Å². The number of fused-ring (bicyclic) bond motifs is 1. The zero-order valence-corrected chi connectivity index (χ0v) is 11.9. The Morgan fingerprint density at radius 3 is 2.95 bits per heavy atom. The molecule has 1 aromatic carbocycles. The van der Waals surface area contributed by atoms with E-state index in [-0.39, 0.29) is 5.91 Å². The Labute approximate surface area is 122 Å². The second-order valence-corrected chi connectivity index (χ2v) is 4.61. The fraction of sp³-hybridized carbons (Fsp3) is 0.385. The highest BCUT2D eigenvalue weighted by molar-refractivity contribution is 5.91. The van der Waals surface area contributed by atoms with Crippen LogP contribution in [-0.4, -0.2) is 23.3 Å². The molecule has 8 nitrogen and oxygen atoms in total. The molecular weight excluding hydrogens is 276 g/mol. The number of carbonyl (C=O) groups excluding carboxylic acids is 1. The molecule has 0 fully saturated rings. The van der Waals surface area contributed by atoms with Gasteiger partial charge < -0.3 is 15.6 Å². The molecule has 2 atom stereocenters. The van der Waals surface area contributed by atoms with E-state index in [1.54, 1.807) is 24.3 Å². The number of anilines is 1. The van der Waals surface area contributed by atoms with Gasteiger partial charge in [0.1, 0.15) is 5.69 Å². The van der Waals surface area contributed by atoms with Gasteiger partial charge in [0.05, 0.1) is 0 Å². The van der Waals surface area contributed by atoms with Crippen LogP contribution in [0, 0.1) is 5.21 Å². The maximum absolute atomic E-state index is 11.7. The normalized spacial score (nSPS) is 18.7. The van der Waals surface area contributed by atoms with Crippen LogP contribution in [0.25, 0.3) is 0 Å². The van der Waals surface area contributed by atoms with E-state index in [1.807, 2.05) is 6.92 Å². The summed E-state index contributed by atoms with van der Waals surface area (Å²) in [4.78, 5) is 16.8. The summed E-state index contributed by atoms with van der Waals surface area (Å²) in [6.07, 6.45) is 0.711. The Hall–Kier alpha value is -2.16. The van der Waals surface area contributed by atoms with Crippen molar-refractivity contribution < 1.29 is 19.9 Å². The third-order valence-electron chi connectivity index (χ3n) is 2.88. The van der Waals surface area contributed by atoms with Crippen molar-refractivity contribution in [1.82, 2.24) is 5.32 Å². The molecule has 0 radical (unpaired) electrons. The predicted molar refractivity (Wildman–Crippen MR) is 76.6 cm³/mol. The second-order valence-electron chi connectivity index (χ2n) is 4.61. The number of hydrogen-bond acceptors (Lipinski definition) is 5. The third kappa shape index (κ3) is 3.48. The molecule has 21 heavy (non-hydrogen) atoms. The van der Waals surface area contributed by atoms with Crippen LogP contribution in [0.5, 0.6) is 0 Å². The highest BCUT2D eigenvalue weighted by atomic mass is 16.7. The van der Waals surface area contributed by atoms with Crippen LogP contribution < -0.4 is 15.6 Å². The van der Waals surface area contributed by atoms with E-state index in [2.05, 4.69) is 10.4 Å². The van der Waals surface area contributed by atoms with Gasteiger partial charge in [0.15, 0.2) is 11.9 Å². The number of hydrogen-bond donors (Lipinski definition) is 3. The first-order chi connectivity index (χ1) is 10.0. The third-order valence-corrected chi connectivity index (χ3v) is 2.88. The molecule has 0 saturated heterocycles. The average Bonchev–Trinajstić information content (AvgIpc) is 2.43. The second kappa shape index (κ2) is 6.53. The monoisotopic (exact) mass is 294 g/mol. The van der Waals surface area contributed by atoms with Gasteiger partial charge in [-0.15, -0.1) is 0 Å². The number of amidine groups is 1. The molecule has 1 aliphatic heterocycles. The van der Waals surface area contributed by atoms with Gasteiger partial charge in [-0.1, -0.05) is 25.5 Å². The first kappa shape index (κ1) is 15.2. The van der Waals surface area contributed by atoms with Gasteiger partial charge in [-0.2, -0.15) is 5.06 Å². The van der Waals surface area contributed by atoms with Crippen molar-refractivity contribution in [1.29, 1.82) is 0 Å². The molecule has 1 aromatic rings. The fourth-order valence-corrected chi connectivity index (χ4v) is 2.01.